The Morgan fingerprint density at radius 1 is 1.09 bits per heavy atom. The number of amides is 1. The van der Waals surface area contributed by atoms with Crippen LogP contribution in [0.2, 0.25) is 0 Å². The zero-order valence-electron chi connectivity index (χ0n) is 19.2. The number of ether oxygens (including phenoxy) is 1. The number of aromatic nitrogens is 1. The highest BCUT2D eigenvalue weighted by molar-refractivity contribution is 7.89. The second-order valence-corrected chi connectivity index (χ2v) is 9.17. The molecule has 0 radical (unpaired) electrons. The fourth-order valence-corrected chi connectivity index (χ4v) is 5.13. The van der Waals surface area contributed by atoms with Crippen molar-refractivity contribution in [2.24, 2.45) is 0 Å². The summed E-state index contributed by atoms with van der Waals surface area (Å²) in [6, 6.07) is 5.74. The van der Waals surface area contributed by atoms with Gasteiger partial charge in [0.15, 0.2) is 5.78 Å². The molecule has 0 spiro atoms. The van der Waals surface area contributed by atoms with E-state index < -0.39 is 21.8 Å². The number of carbonyl (C=O) groups is 3. The molecule has 2 aromatic rings. The number of anilines is 1. The largest absolute Gasteiger partial charge is 0.464 e. The van der Waals surface area contributed by atoms with Crippen molar-refractivity contribution in [1.29, 1.82) is 0 Å². The summed E-state index contributed by atoms with van der Waals surface area (Å²) >= 11 is 0. The second-order valence-electron chi connectivity index (χ2n) is 7.23. The maximum atomic E-state index is 13.2. The molecule has 0 aliphatic heterocycles. The number of hydrogen-bond donors (Lipinski definition) is 1. The summed E-state index contributed by atoms with van der Waals surface area (Å²) in [5, 5.41) is 2.58. The molecule has 1 amide bonds. The van der Waals surface area contributed by atoms with E-state index in [4.69, 9.17) is 4.74 Å². The first-order valence-corrected chi connectivity index (χ1v) is 11.6. The summed E-state index contributed by atoms with van der Waals surface area (Å²) in [7, 11) is -2.68. The molecule has 0 atom stereocenters. The van der Waals surface area contributed by atoms with Gasteiger partial charge in [-0.15, -0.1) is 0 Å². The number of Topliss-reactive ketones (excluding diaryl/α,β-unsaturated/α-hetero) is 1. The molecule has 9 nitrogen and oxygen atoms in total. The summed E-state index contributed by atoms with van der Waals surface area (Å²) < 4.78 is 33.9. The predicted molar refractivity (Wildman–Crippen MR) is 120 cm³/mol. The highest BCUT2D eigenvalue weighted by Gasteiger charge is 2.30. The van der Waals surface area contributed by atoms with Crippen molar-refractivity contribution in [3.05, 3.63) is 46.8 Å². The lowest BCUT2D eigenvalue weighted by atomic mass is 10.1. The topological polar surface area (TPSA) is 115 Å². The smallest absolute Gasteiger partial charge is 0.354 e. The Morgan fingerprint density at radius 2 is 1.69 bits per heavy atom. The van der Waals surface area contributed by atoms with Gasteiger partial charge in [-0.05, 0) is 50.6 Å². The van der Waals surface area contributed by atoms with Crippen molar-refractivity contribution in [2.75, 3.05) is 25.5 Å². The van der Waals surface area contributed by atoms with Crippen LogP contribution in [0.3, 0.4) is 0 Å². The molecule has 32 heavy (non-hydrogen) atoms. The van der Waals surface area contributed by atoms with Gasteiger partial charge in [-0.25, -0.2) is 13.2 Å². The third-order valence-corrected chi connectivity index (χ3v) is 7.16. The third kappa shape index (κ3) is 4.91. The average Bonchev–Trinajstić information content (AvgIpc) is 3.00. The van der Waals surface area contributed by atoms with Crippen LogP contribution in [-0.4, -0.2) is 55.1 Å². The fourth-order valence-electron chi connectivity index (χ4n) is 3.73. The summed E-state index contributed by atoms with van der Waals surface area (Å²) in [4.78, 5) is 36.6. The highest BCUT2D eigenvalue weighted by Crippen LogP contribution is 2.25. The lowest BCUT2D eigenvalue weighted by molar-refractivity contribution is -0.114. The molecular weight excluding hydrogens is 434 g/mol. The Bertz CT molecular complexity index is 1130. The van der Waals surface area contributed by atoms with Gasteiger partial charge < -0.3 is 14.6 Å². The molecule has 0 fully saturated rings. The van der Waals surface area contributed by atoms with Gasteiger partial charge >= 0.3 is 5.97 Å². The van der Waals surface area contributed by atoms with Crippen LogP contribution >= 0.6 is 0 Å². The van der Waals surface area contributed by atoms with Crippen LogP contribution in [0.25, 0.3) is 0 Å². The molecule has 0 saturated carbocycles. The lowest BCUT2D eigenvalue weighted by Gasteiger charge is -2.20. The van der Waals surface area contributed by atoms with E-state index in [9.17, 15) is 22.8 Å². The average molecular weight is 464 g/mol. The Hall–Kier alpha value is -2.98. The minimum atomic E-state index is -3.95. The number of hydrogen-bond acceptors (Lipinski definition) is 6. The number of carbonyl (C=O) groups excluding carboxylic acids is 3. The molecule has 0 saturated heterocycles. The summed E-state index contributed by atoms with van der Waals surface area (Å²) in [6.45, 7) is 8.40. The number of likely N-dealkylation sites (N-methyl/N-ethyl adjacent to an activating group) is 1. The number of esters is 1. The minimum absolute atomic E-state index is 0.0103. The maximum absolute atomic E-state index is 13.2. The van der Waals surface area contributed by atoms with E-state index in [1.807, 2.05) is 6.92 Å². The van der Waals surface area contributed by atoms with Gasteiger partial charge in [-0.3, -0.25) is 9.59 Å². The molecule has 0 aliphatic rings. The van der Waals surface area contributed by atoms with E-state index in [2.05, 4.69) is 5.32 Å². The van der Waals surface area contributed by atoms with Crippen LogP contribution in [0.1, 0.15) is 52.9 Å². The highest BCUT2D eigenvalue weighted by atomic mass is 32.2. The zero-order chi connectivity index (χ0) is 24.2. The second kappa shape index (κ2) is 10.1. The lowest BCUT2D eigenvalue weighted by Crippen LogP contribution is -2.36. The first-order valence-electron chi connectivity index (χ1n) is 10.2. The van der Waals surface area contributed by atoms with E-state index in [0.717, 1.165) is 4.31 Å². The predicted octanol–water partition coefficient (Wildman–Crippen LogP) is 2.76. The summed E-state index contributed by atoms with van der Waals surface area (Å²) in [5.41, 5.74) is 2.13. The molecule has 1 N–H and O–H groups in total. The Balaban J connectivity index is 2.38. The quantitative estimate of drug-likeness (QED) is 0.452. The van der Waals surface area contributed by atoms with Gasteiger partial charge in [-0.1, -0.05) is 6.92 Å². The third-order valence-electron chi connectivity index (χ3n) is 5.23. The number of nitrogens with zero attached hydrogens (tertiary/aromatic N) is 2. The first kappa shape index (κ1) is 25.3. The van der Waals surface area contributed by atoms with Crippen molar-refractivity contribution in [3.8, 4) is 0 Å². The molecule has 10 heteroatoms. The van der Waals surface area contributed by atoms with Crippen molar-refractivity contribution in [2.45, 2.75) is 46.1 Å². The van der Waals surface area contributed by atoms with Gasteiger partial charge in [0.05, 0.1) is 18.6 Å². The van der Waals surface area contributed by atoms with Crippen molar-refractivity contribution >= 4 is 33.4 Å². The van der Waals surface area contributed by atoms with Gasteiger partial charge in [0.2, 0.25) is 15.9 Å². The van der Waals surface area contributed by atoms with Gasteiger partial charge in [0.1, 0.15) is 5.69 Å². The van der Waals surface area contributed by atoms with Crippen LogP contribution in [0.15, 0.2) is 29.2 Å². The Morgan fingerprint density at radius 3 is 2.16 bits per heavy atom. The molecule has 0 bridgehead atoms. The number of benzene rings is 1. The molecule has 1 heterocycles. The van der Waals surface area contributed by atoms with Crippen molar-refractivity contribution in [3.63, 3.8) is 0 Å². The number of rotatable bonds is 9. The standard InChI is InChI=1S/C22H29N3O6S/c1-7-24(32(29,30)18-11-9-17(10-12-18)23-16(5)26)13-19(27)20-14(3)21(22(28)31-6)25(8-2)15(20)4/h9-12H,7-8,13H2,1-6H3,(H,23,26). The molecule has 174 valence electrons. The maximum Gasteiger partial charge on any atom is 0.354 e. The fraction of sp³-hybridized carbons (Fsp3) is 0.409. The van der Waals surface area contributed by atoms with E-state index in [-0.39, 0.29) is 29.6 Å². The van der Waals surface area contributed by atoms with Gasteiger partial charge in [0, 0.05) is 37.0 Å². The minimum Gasteiger partial charge on any atom is -0.464 e. The van der Waals surface area contributed by atoms with Crippen LogP contribution in [0.4, 0.5) is 5.69 Å². The SMILES string of the molecule is CCN(CC(=O)c1c(C)c(C(=O)OC)n(CC)c1C)S(=O)(=O)c1ccc(NC(C)=O)cc1. The number of ketones is 1. The first-order chi connectivity index (χ1) is 15.0. The normalized spacial score (nSPS) is 11.5. The van der Waals surface area contributed by atoms with E-state index in [0.29, 0.717) is 29.1 Å². The number of sulfonamides is 1. The zero-order valence-corrected chi connectivity index (χ0v) is 20.0. The van der Waals surface area contributed by atoms with Crippen molar-refractivity contribution < 1.29 is 27.5 Å². The van der Waals surface area contributed by atoms with E-state index in [1.54, 1.807) is 25.3 Å². The summed E-state index contributed by atoms with van der Waals surface area (Å²) in [6.07, 6.45) is 0. The molecule has 1 aromatic heterocycles. The van der Waals surface area contributed by atoms with E-state index >= 15 is 0 Å². The summed E-state index contributed by atoms with van der Waals surface area (Å²) in [5.74, 6) is -1.22. The molecule has 1 aromatic carbocycles. The van der Waals surface area contributed by atoms with Crippen LogP contribution in [-0.2, 0) is 26.1 Å². The number of nitrogens with one attached hydrogen (secondary N) is 1. The molecular formula is C22H29N3O6S. The van der Waals surface area contributed by atoms with Crippen LogP contribution in [0, 0.1) is 13.8 Å². The monoisotopic (exact) mass is 463 g/mol. The Labute approximate surface area is 188 Å². The molecule has 2 rings (SSSR count). The Kier molecular flexibility index (Phi) is 7.97. The van der Waals surface area contributed by atoms with E-state index in [1.165, 1.54) is 38.3 Å². The van der Waals surface area contributed by atoms with Crippen LogP contribution < -0.4 is 5.32 Å². The molecule has 0 aliphatic carbocycles. The van der Waals surface area contributed by atoms with Crippen molar-refractivity contribution in [1.82, 2.24) is 8.87 Å². The van der Waals surface area contributed by atoms with Gasteiger partial charge in [0.25, 0.3) is 0 Å². The molecule has 0 unspecified atom stereocenters. The van der Waals surface area contributed by atoms with Crippen LogP contribution in [0.5, 0.6) is 0 Å². The number of methoxy groups -OCH3 is 1. The van der Waals surface area contributed by atoms with Gasteiger partial charge in [-0.2, -0.15) is 4.31 Å².